The number of pyridine rings is 2. The number of nitrogens with zero attached hydrogens (tertiary/aromatic N) is 2. The van der Waals surface area contributed by atoms with Crippen molar-refractivity contribution in [2.75, 3.05) is 6.61 Å². The zero-order valence-corrected chi connectivity index (χ0v) is 15.8. The second-order valence-corrected chi connectivity index (χ2v) is 7.28. The second-order valence-electron chi connectivity index (χ2n) is 7.28. The van der Waals surface area contributed by atoms with E-state index in [1.807, 2.05) is 12.1 Å². The van der Waals surface area contributed by atoms with Gasteiger partial charge in [0.2, 0.25) is 0 Å². The molecule has 1 N–H and O–H groups in total. The van der Waals surface area contributed by atoms with Crippen LogP contribution in [-0.4, -0.2) is 33.5 Å². The third-order valence-electron chi connectivity index (χ3n) is 5.34. The number of benzene rings is 1. The van der Waals surface area contributed by atoms with Crippen LogP contribution in [-0.2, 0) is 27.5 Å². The monoisotopic (exact) mass is 404 g/mol. The molecule has 2 aliphatic heterocycles. The van der Waals surface area contributed by atoms with Gasteiger partial charge in [-0.05, 0) is 30.3 Å². The van der Waals surface area contributed by atoms with Crippen LogP contribution < -0.4 is 10.3 Å². The Morgan fingerprint density at radius 1 is 1.33 bits per heavy atom. The molecule has 0 amide bonds. The molecule has 8 heteroatoms. The van der Waals surface area contributed by atoms with Crippen molar-refractivity contribution in [3.63, 3.8) is 0 Å². The molecule has 5 rings (SSSR count). The summed E-state index contributed by atoms with van der Waals surface area (Å²) in [6.45, 7) is 3.87. The summed E-state index contributed by atoms with van der Waals surface area (Å²) in [4.78, 5) is 40.0. The van der Waals surface area contributed by atoms with E-state index in [1.165, 1.54) is 0 Å². The van der Waals surface area contributed by atoms with Gasteiger partial charge < -0.3 is 19.1 Å². The van der Waals surface area contributed by atoms with E-state index in [9.17, 15) is 19.5 Å². The van der Waals surface area contributed by atoms with Crippen molar-refractivity contribution in [3.05, 3.63) is 69.5 Å². The molecule has 0 saturated carbocycles. The minimum Gasteiger partial charge on any atom is -0.489 e. The van der Waals surface area contributed by atoms with Gasteiger partial charge in [-0.25, -0.2) is 9.78 Å². The van der Waals surface area contributed by atoms with Crippen LogP contribution in [0.25, 0.3) is 22.3 Å². The highest BCUT2D eigenvalue weighted by molar-refractivity contribution is 5.86. The number of esters is 1. The summed E-state index contributed by atoms with van der Waals surface area (Å²) in [6, 6.07) is 8.93. The first-order valence-corrected chi connectivity index (χ1v) is 9.27. The molecule has 30 heavy (non-hydrogen) atoms. The molecule has 1 atom stereocenters. The second kappa shape index (κ2) is 6.64. The third kappa shape index (κ3) is 2.73. The van der Waals surface area contributed by atoms with Crippen LogP contribution in [0.3, 0.4) is 0 Å². The molecule has 0 radical (unpaired) electrons. The fourth-order valence-electron chi connectivity index (χ4n) is 3.81. The lowest BCUT2D eigenvalue weighted by Crippen LogP contribution is -2.32. The molecule has 0 aliphatic carbocycles. The van der Waals surface area contributed by atoms with Crippen LogP contribution in [0.15, 0.2) is 47.3 Å². The molecule has 1 unspecified atom stereocenters. The van der Waals surface area contributed by atoms with Gasteiger partial charge in [0.25, 0.3) is 5.56 Å². The molecule has 8 nitrogen and oxygen atoms in total. The Bertz CT molecular complexity index is 1320. The van der Waals surface area contributed by atoms with Crippen molar-refractivity contribution >= 4 is 23.2 Å². The van der Waals surface area contributed by atoms with Crippen molar-refractivity contribution in [2.24, 2.45) is 0 Å². The fourth-order valence-corrected chi connectivity index (χ4v) is 3.81. The molecule has 150 valence electrons. The predicted octanol–water partition coefficient (Wildman–Crippen LogP) is 1.65. The van der Waals surface area contributed by atoms with Gasteiger partial charge in [-0.15, -0.1) is 0 Å². The van der Waals surface area contributed by atoms with Gasteiger partial charge >= 0.3 is 5.97 Å². The summed E-state index contributed by atoms with van der Waals surface area (Å²) in [5.74, 6) is -0.185. The van der Waals surface area contributed by atoms with E-state index < -0.39 is 12.1 Å². The summed E-state index contributed by atoms with van der Waals surface area (Å²) in [5, 5.41) is 11.0. The first-order valence-electron chi connectivity index (χ1n) is 9.27. The molecule has 2 aromatic heterocycles. The van der Waals surface area contributed by atoms with Crippen LogP contribution in [0, 0.1) is 0 Å². The molecule has 0 saturated heterocycles. The number of hydrogen-bond acceptors (Lipinski definition) is 7. The number of ether oxygens (including phenoxy) is 2. The molecule has 3 aromatic rings. The predicted molar refractivity (Wildman–Crippen MR) is 106 cm³/mol. The number of aliphatic hydroxyl groups is 1. The average molecular weight is 404 g/mol. The van der Waals surface area contributed by atoms with Gasteiger partial charge in [-0.2, -0.15) is 0 Å². The Balaban J connectivity index is 1.58. The Hall–Kier alpha value is -3.78. The van der Waals surface area contributed by atoms with Crippen molar-refractivity contribution in [1.82, 2.24) is 9.55 Å². The van der Waals surface area contributed by atoms with Crippen LogP contribution in [0.5, 0.6) is 5.75 Å². The topological polar surface area (TPSA) is 108 Å². The summed E-state index contributed by atoms with van der Waals surface area (Å²) in [7, 11) is 0. The van der Waals surface area contributed by atoms with Crippen molar-refractivity contribution in [1.29, 1.82) is 0 Å². The maximum Gasteiger partial charge on any atom is 0.340 e. The van der Waals surface area contributed by atoms with Gasteiger partial charge in [-0.1, -0.05) is 6.58 Å². The van der Waals surface area contributed by atoms with Crippen LogP contribution in [0.4, 0.5) is 0 Å². The van der Waals surface area contributed by atoms with Crippen molar-refractivity contribution in [3.8, 4) is 17.1 Å². The Morgan fingerprint density at radius 3 is 2.97 bits per heavy atom. The highest BCUT2D eigenvalue weighted by Gasteiger charge is 2.33. The van der Waals surface area contributed by atoms with Gasteiger partial charge in [0, 0.05) is 22.1 Å². The summed E-state index contributed by atoms with van der Waals surface area (Å²) < 4.78 is 12.0. The smallest absolute Gasteiger partial charge is 0.340 e. The maximum absolute atomic E-state index is 12.9. The summed E-state index contributed by atoms with van der Waals surface area (Å²) in [5.41, 5.74) is 3.35. The number of carbonyl (C=O) groups is 2. The molecule has 0 spiro atoms. The standard InChI is InChI=1S/C22H16N2O6/c1-11(8-25)9-29-14-2-3-17-12(5-14)4-13-7-24-18(19(13)23-17)6-15-16(21(24)27)10-30-22(28)20(15)26/h2-6,8,20,26H,1,7,9-10H2. The molecule has 0 fully saturated rings. The van der Waals surface area contributed by atoms with Gasteiger partial charge in [-0.3, -0.25) is 9.59 Å². The number of aromatic nitrogens is 2. The number of carbonyl (C=O) groups excluding carboxylic acids is 2. The summed E-state index contributed by atoms with van der Waals surface area (Å²) in [6.07, 6.45) is -0.822. The third-order valence-corrected chi connectivity index (χ3v) is 5.34. The first-order chi connectivity index (χ1) is 14.5. The Kier molecular flexibility index (Phi) is 4.04. The molecule has 1 aromatic carbocycles. The first kappa shape index (κ1) is 18.3. The van der Waals surface area contributed by atoms with Gasteiger partial charge in [0.05, 0.1) is 29.0 Å². The summed E-state index contributed by atoms with van der Waals surface area (Å²) >= 11 is 0. The van der Waals surface area contributed by atoms with E-state index in [0.29, 0.717) is 41.1 Å². The van der Waals surface area contributed by atoms with Crippen LogP contribution in [0.2, 0.25) is 0 Å². The highest BCUT2D eigenvalue weighted by Crippen LogP contribution is 2.35. The normalized spacial score (nSPS) is 16.4. The van der Waals surface area contributed by atoms with E-state index in [-0.39, 0.29) is 29.9 Å². The molecule has 4 heterocycles. The lowest BCUT2D eigenvalue weighted by molar-refractivity contribution is -0.157. The van der Waals surface area contributed by atoms with E-state index in [2.05, 4.69) is 6.58 Å². The number of fused-ring (bicyclic) bond motifs is 5. The fraction of sp³-hybridized carbons (Fsp3) is 0.182. The highest BCUT2D eigenvalue weighted by atomic mass is 16.5. The molecular weight excluding hydrogens is 388 g/mol. The van der Waals surface area contributed by atoms with Crippen molar-refractivity contribution < 1.29 is 24.2 Å². The van der Waals surface area contributed by atoms with E-state index in [0.717, 1.165) is 10.9 Å². The zero-order chi connectivity index (χ0) is 21.0. The number of aldehydes is 1. The molecule has 2 aliphatic rings. The number of rotatable bonds is 4. The Labute approximate surface area is 170 Å². The average Bonchev–Trinajstić information content (AvgIpc) is 3.11. The number of hydrogen-bond donors (Lipinski definition) is 1. The van der Waals surface area contributed by atoms with Crippen molar-refractivity contribution in [2.45, 2.75) is 19.3 Å². The lowest BCUT2D eigenvalue weighted by Gasteiger charge is -2.21. The number of aliphatic hydroxyl groups excluding tert-OH is 1. The SMILES string of the molecule is C=C(C=O)COc1ccc2nc3c(cc2c1)Cn1c-3cc2c(c1=O)COC(=O)C2O. The molecule has 0 bridgehead atoms. The zero-order valence-electron chi connectivity index (χ0n) is 15.8. The van der Waals surface area contributed by atoms with E-state index in [1.54, 1.807) is 22.8 Å². The minimum atomic E-state index is -1.47. The lowest BCUT2D eigenvalue weighted by atomic mass is 10.0. The maximum atomic E-state index is 12.9. The van der Waals surface area contributed by atoms with Crippen LogP contribution in [0.1, 0.15) is 22.8 Å². The largest absolute Gasteiger partial charge is 0.489 e. The minimum absolute atomic E-state index is 0.100. The van der Waals surface area contributed by atoms with E-state index >= 15 is 0 Å². The number of cyclic esters (lactones) is 1. The molecular formula is C22H16N2O6. The van der Waals surface area contributed by atoms with Gasteiger partial charge in [0.1, 0.15) is 25.2 Å². The Morgan fingerprint density at radius 2 is 2.17 bits per heavy atom. The van der Waals surface area contributed by atoms with E-state index in [4.69, 9.17) is 14.5 Å². The quantitative estimate of drug-likeness (QED) is 0.313. The van der Waals surface area contributed by atoms with Gasteiger partial charge in [0.15, 0.2) is 6.10 Å². The van der Waals surface area contributed by atoms with Crippen LogP contribution >= 0.6 is 0 Å².